The van der Waals surface area contributed by atoms with Gasteiger partial charge in [0, 0.05) is 25.4 Å². The van der Waals surface area contributed by atoms with Crippen molar-refractivity contribution in [1.29, 1.82) is 0 Å². The molecule has 1 aliphatic rings. The first-order chi connectivity index (χ1) is 12.5. The summed E-state index contributed by atoms with van der Waals surface area (Å²) >= 11 is 0. The van der Waals surface area contributed by atoms with Gasteiger partial charge in [-0.05, 0) is 38.3 Å². The summed E-state index contributed by atoms with van der Waals surface area (Å²) in [4.78, 5) is 11.4. The highest BCUT2D eigenvalue weighted by Gasteiger charge is 2.27. The van der Waals surface area contributed by atoms with Crippen molar-refractivity contribution >= 4 is 5.95 Å². The van der Waals surface area contributed by atoms with Crippen LogP contribution in [-0.2, 0) is 0 Å². The van der Waals surface area contributed by atoms with Crippen molar-refractivity contribution in [3.05, 3.63) is 35.9 Å². The Hall–Kier alpha value is -2.67. The Morgan fingerprint density at radius 1 is 1.23 bits per heavy atom. The van der Waals surface area contributed by atoms with E-state index < -0.39 is 0 Å². The average molecular weight is 354 g/mol. The summed E-state index contributed by atoms with van der Waals surface area (Å²) in [7, 11) is 0. The van der Waals surface area contributed by atoms with Gasteiger partial charge in [-0.15, -0.1) is 0 Å². The molecule has 0 aliphatic carbocycles. The Kier molecular flexibility index (Phi) is 4.24. The van der Waals surface area contributed by atoms with E-state index in [1.807, 2.05) is 39.0 Å². The van der Waals surface area contributed by atoms with E-state index in [0.717, 1.165) is 30.1 Å². The molecule has 26 heavy (non-hydrogen) atoms. The first-order valence-corrected chi connectivity index (χ1v) is 8.82. The molecule has 0 unspecified atom stereocenters. The quantitative estimate of drug-likeness (QED) is 0.772. The highest BCUT2D eigenvalue weighted by Crippen LogP contribution is 2.33. The Bertz CT molecular complexity index is 917. The Labute approximate surface area is 151 Å². The van der Waals surface area contributed by atoms with E-state index in [-0.39, 0.29) is 12.0 Å². The molecule has 4 heterocycles. The fourth-order valence-corrected chi connectivity index (χ4v) is 3.26. The molecule has 0 bridgehead atoms. The van der Waals surface area contributed by atoms with Crippen LogP contribution in [0.25, 0.3) is 22.8 Å². The Morgan fingerprint density at radius 3 is 2.73 bits per heavy atom. The van der Waals surface area contributed by atoms with Gasteiger partial charge in [0.25, 0.3) is 0 Å². The summed E-state index contributed by atoms with van der Waals surface area (Å²) < 4.78 is 11.2. The number of aromatic nitrogens is 3. The van der Waals surface area contributed by atoms with Crippen LogP contribution in [0.3, 0.4) is 0 Å². The first kappa shape index (κ1) is 16.8. The molecule has 7 nitrogen and oxygen atoms in total. The van der Waals surface area contributed by atoms with Crippen LogP contribution in [0.4, 0.5) is 5.95 Å². The number of aliphatic hydroxyl groups excluding tert-OH is 1. The van der Waals surface area contributed by atoms with E-state index in [9.17, 15) is 5.11 Å². The predicted molar refractivity (Wildman–Crippen MR) is 96.7 cm³/mol. The highest BCUT2D eigenvalue weighted by atomic mass is 16.5. The molecule has 0 saturated carbocycles. The van der Waals surface area contributed by atoms with Gasteiger partial charge in [-0.3, -0.25) is 0 Å². The minimum absolute atomic E-state index is 0.179. The summed E-state index contributed by atoms with van der Waals surface area (Å²) in [6.07, 6.45) is 2.20. The normalized spacial score (nSPS) is 20.5. The molecule has 1 saturated heterocycles. The number of hydrogen-bond acceptors (Lipinski definition) is 7. The number of hydrogen-bond donors (Lipinski definition) is 1. The maximum atomic E-state index is 9.97. The maximum absolute atomic E-state index is 9.97. The van der Waals surface area contributed by atoms with Crippen LogP contribution in [0, 0.1) is 19.8 Å². The van der Waals surface area contributed by atoms with Gasteiger partial charge in [-0.2, -0.15) is 0 Å². The summed E-state index contributed by atoms with van der Waals surface area (Å²) in [5.41, 5.74) is 2.22. The second-order valence-corrected chi connectivity index (χ2v) is 6.95. The van der Waals surface area contributed by atoms with E-state index >= 15 is 0 Å². The van der Waals surface area contributed by atoms with Crippen molar-refractivity contribution in [2.24, 2.45) is 5.92 Å². The molecule has 3 aromatic rings. The molecular formula is C19H22N4O3. The van der Waals surface area contributed by atoms with Gasteiger partial charge in [0.05, 0.1) is 17.4 Å². The molecule has 3 aromatic heterocycles. The SMILES string of the molecule is Cc1cc(-c2cnc(N3CC[C@H](O)[C@H](C)C3)nc2-c2ccc(C)o2)on1. The van der Waals surface area contributed by atoms with E-state index in [1.54, 1.807) is 6.20 Å². The van der Waals surface area contributed by atoms with E-state index in [1.165, 1.54) is 0 Å². The third kappa shape index (κ3) is 3.10. The van der Waals surface area contributed by atoms with Crippen LogP contribution in [0.1, 0.15) is 24.8 Å². The average Bonchev–Trinajstić information content (AvgIpc) is 3.25. The van der Waals surface area contributed by atoms with E-state index in [0.29, 0.717) is 29.6 Å². The predicted octanol–water partition coefficient (Wildman–Crippen LogP) is 3.22. The monoisotopic (exact) mass is 354 g/mol. The lowest BCUT2D eigenvalue weighted by Gasteiger charge is -2.34. The van der Waals surface area contributed by atoms with Crippen LogP contribution in [-0.4, -0.2) is 39.4 Å². The van der Waals surface area contributed by atoms with Crippen molar-refractivity contribution in [1.82, 2.24) is 15.1 Å². The molecule has 136 valence electrons. The minimum Gasteiger partial charge on any atom is -0.460 e. The number of piperidine rings is 1. The number of aryl methyl sites for hydroxylation is 2. The topological polar surface area (TPSA) is 88.4 Å². The van der Waals surface area contributed by atoms with Crippen molar-refractivity contribution in [3.63, 3.8) is 0 Å². The maximum Gasteiger partial charge on any atom is 0.226 e. The Balaban J connectivity index is 1.77. The molecule has 7 heteroatoms. The third-order valence-electron chi connectivity index (χ3n) is 4.79. The molecular weight excluding hydrogens is 332 g/mol. The number of nitrogens with zero attached hydrogens (tertiary/aromatic N) is 4. The molecule has 4 rings (SSSR count). The number of aliphatic hydroxyl groups is 1. The van der Waals surface area contributed by atoms with Crippen LogP contribution in [0.2, 0.25) is 0 Å². The largest absolute Gasteiger partial charge is 0.460 e. The molecule has 1 aliphatic heterocycles. The van der Waals surface area contributed by atoms with E-state index in [4.69, 9.17) is 13.9 Å². The van der Waals surface area contributed by atoms with Gasteiger partial charge < -0.3 is 18.9 Å². The second kappa shape index (κ2) is 6.57. The van der Waals surface area contributed by atoms with Crippen molar-refractivity contribution in [2.45, 2.75) is 33.3 Å². The molecule has 0 aromatic carbocycles. The number of rotatable bonds is 3. The van der Waals surface area contributed by atoms with Crippen LogP contribution in [0.5, 0.6) is 0 Å². The fourth-order valence-electron chi connectivity index (χ4n) is 3.26. The van der Waals surface area contributed by atoms with Gasteiger partial charge in [-0.1, -0.05) is 12.1 Å². The molecule has 2 atom stereocenters. The van der Waals surface area contributed by atoms with Gasteiger partial charge in [0.1, 0.15) is 11.5 Å². The van der Waals surface area contributed by atoms with Crippen LogP contribution >= 0.6 is 0 Å². The second-order valence-electron chi connectivity index (χ2n) is 6.95. The van der Waals surface area contributed by atoms with Crippen LogP contribution in [0.15, 0.2) is 33.3 Å². The Morgan fingerprint density at radius 2 is 2.08 bits per heavy atom. The van der Waals surface area contributed by atoms with Gasteiger partial charge in [0.15, 0.2) is 11.5 Å². The van der Waals surface area contributed by atoms with E-state index in [2.05, 4.69) is 15.0 Å². The molecule has 0 amide bonds. The highest BCUT2D eigenvalue weighted by molar-refractivity contribution is 5.76. The molecule has 0 radical (unpaired) electrons. The zero-order valence-corrected chi connectivity index (χ0v) is 15.1. The standard InChI is InChI=1S/C19H22N4O3/c1-11-10-23(7-6-15(11)24)19-20-9-14(17-8-12(2)22-26-17)18(21-19)16-5-4-13(3)25-16/h4-5,8-9,11,15,24H,6-7,10H2,1-3H3/t11-,15+/m1/s1. The molecule has 0 spiro atoms. The van der Waals surface area contributed by atoms with Crippen molar-refractivity contribution in [2.75, 3.05) is 18.0 Å². The zero-order chi connectivity index (χ0) is 18.3. The van der Waals surface area contributed by atoms with Gasteiger partial charge in [0.2, 0.25) is 5.95 Å². The molecule has 1 fully saturated rings. The van der Waals surface area contributed by atoms with Crippen molar-refractivity contribution < 1.29 is 14.0 Å². The van der Waals surface area contributed by atoms with Crippen molar-refractivity contribution in [3.8, 4) is 22.8 Å². The zero-order valence-electron chi connectivity index (χ0n) is 15.1. The summed E-state index contributed by atoms with van der Waals surface area (Å²) in [6.45, 7) is 7.26. The summed E-state index contributed by atoms with van der Waals surface area (Å²) in [6, 6.07) is 5.67. The molecule has 1 N–H and O–H groups in total. The third-order valence-corrected chi connectivity index (χ3v) is 4.79. The summed E-state index contributed by atoms with van der Waals surface area (Å²) in [5.74, 6) is 2.90. The van der Waals surface area contributed by atoms with Gasteiger partial charge >= 0.3 is 0 Å². The lowest BCUT2D eigenvalue weighted by atomic mass is 9.97. The fraction of sp³-hybridized carbons (Fsp3) is 0.421. The number of furan rings is 1. The smallest absolute Gasteiger partial charge is 0.226 e. The lowest BCUT2D eigenvalue weighted by molar-refractivity contribution is 0.0966. The van der Waals surface area contributed by atoms with Gasteiger partial charge in [-0.25, -0.2) is 9.97 Å². The lowest BCUT2D eigenvalue weighted by Crippen LogP contribution is -2.42. The first-order valence-electron chi connectivity index (χ1n) is 8.82. The number of anilines is 1. The minimum atomic E-state index is -0.269. The van der Waals surface area contributed by atoms with Crippen LogP contribution < -0.4 is 4.90 Å². The summed E-state index contributed by atoms with van der Waals surface area (Å²) in [5, 5.41) is 13.9.